The SMILES string of the molecule is Cc1ccc(C=O)cc1C#CC=O. The Kier molecular flexibility index (Phi) is 2.99. The molecule has 0 aliphatic heterocycles. The van der Waals surface area contributed by atoms with Gasteiger partial charge in [0.1, 0.15) is 6.29 Å². The second-order valence-electron chi connectivity index (χ2n) is 2.58. The molecule has 0 unspecified atom stereocenters. The van der Waals surface area contributed by atoms with Gasteiger partial charge in [-0.1, -0.05) is 18.1 Å². The van der Waals surface area contributed by atoms with E-state index >= 15 is 0 Å². The van der Waals surface area contributed by atoms with Crippen molar-refractivity contribution >= 4 is 12.6 Å². The van der Waals surface area contributed by atoms with Gasteiger partial charge in [-0.3, -0.25) is 9.59 Å². The minimum atomic E-state index is 0.535. The van der Waals surface area contributed by atoms with Crippen LogP contribution in [0.4, 0.5) is 0 Å². The van der Waals surface area contributed by atoms with E-state index in [1.807, 2.05) is 6.92 Å². The van der Waals surface area contributed by atoms with E-state index in [1.54, 1.807) is 18.2 Å². The first-order valence-corrected chi connectivity index (χ1v) is 3.79. The van der Waals surface area contributed by atoms with Gasteiger partial charge >= 0.3 is 0 Å². The monoisotopic (exact) mass is 172 g/mol. The lowest BCUT2D eigenvalue weighted by Gasteiger charge is -1.97. The Morgan fingerprint density at radius 3 is 2.69 bits per heavy atom. The van der Waals surface area contributed by atoms with E-state index in [0.29, 0.717) is 11.8 Å². The van der Waals surface area contributed by atoms with Crippen LogP contribution in [0.2, 0.25) is 0 Å². The van der Waals surface area contributed by atoms with Crippen molar-refractivity contribution in [1.29, 1.82) is 0 Å². The summed E-state index contributed by atoms with van der Waals surface area (Å²) in [4.78, 5) is 20.4. The second kappa shape index (κ2) is 4.22. The van der Waals surface area contributed by atoms with Gasteiger partial charge in [0, 0.05) is 11.1 Å². The van der Waals surface area contributed by atoms with Crippen molar-refractivity contribution in [3.05, 3.63) is 34.9 Å². The molecular formula is C11H8O2. The Balaban J connectivity index is 3.18. The van der Waals surface area contributed by atoms with E-state index in [9.17, 15) is 9.59 Å². The number of hydrogen-bond donors (Lipinski definition) is 0. The molecule has 1 aromatic rings. The average molecular weight is 172 g/mol. The molecule has 0 aromatic heterocycles. The summed E-state index contributed by atoms with van der Waals surface area (Å²) >= 11 is 0. The van der Waals surface area contributed by atoms with Crippen molar-refractivity contribution in [3.63, 3.8) is 0 Å². The highest BCUT2D eigenvalue weighted by atomic mass is 16.1. The number of hydrogen-bond acceptors (Lipinski definition) is 2. The van der Waals surface area contributed by atoms with Crippen LogP contribution in [-0.2, 0) is 4.79 Å². The third-order valence-corrected chi connectivity index (χ3v) is 1.66. The molecule has 0 aliphatic rings. The molecule has 0 amide bonds. The van der Waals surface area contributed by atoms with Gasteiger partial charge in [0.05, 0.1) is 0 Å². The molecule has 64 valence electrons. The summed E-state index contributed by atoms with van der Waals surface area (Å²) in [5.41, 5.74) is 2.25. The molecule has 0 saturated carbocycles. The second-order valence-corrected chi connectivity index (χ2v) is 2.58. The van der Waals surface area contributed by atoms with Crippen LogP contribution >= 0.6 is 0 Å². The quantitative estimate of drug-likeness (QED) is 0.473. The smallest absolute Gasteiger partial charge is 0.193 e. The summed E-state index contributed by atoms with van der Waals surface area (Å²) in [5, 5.41) is 0. The van der Waals surface area contributed by atoms with Gasteiger partial charge in [0.2, 0.25) is 0 Å². The van der Waals surface area contributed by atoms with E-state index in [0.717, 1.165) is 17.4 Å². The minimum absolute atomic E-state index is 0.535. The van der Waals surface area contributed by atoms with E-state index in [4.69, 9.17) is 0 Å². The van der Waals surface area contributed by atoms with Crippen LogP contribution in [0.25, 0.3) is 0 Å². The predicted octanol–water partition coefficient (Wildman–Crippen LogP) is 1.36. The third-order valence-electron chi connectivity index (χ3n) is 1.66. The van der Waals surface area contributed by atoms with E-state index in [1.165, 1.54) is 0 Å². The van der Waals surface area contributed by atoms with Crippen LogP contribution < -0.4 is 0 Å². The highest BCUT2D eigenvalue weighted by Crippen LogP contribution is 2.08. The Bertz CT molecular complexity index is 394. The van der Waals surface area contributed by atoms with Crippen molar-refractivity contribution in [3.8, 4) is 11.8 Å². The molecule has 0 saturated heterocycles. The molecule has 0 N–H and O–H groups in total. The van der Waals surface area contributed by atoms with Crippen LogP contribution in [-0.4, -0.2) is 12.6 Å². The highest BCUT2D eigenvalue weighted by Gasteiger charge is 1.95. The first kappa shape index (κ1) is 9.21. The van der Waals surface area contributed by atoms with Gasteiger partial charge in [-0.2, -0.15) is 0 Å². The van der Waals surface area contributed by atoms with E-state index < -0.39 is 0 Å². The summed E-state index contributed by atoms with van der Waals surface area (Å²) in [6, 6.07) is 5.19. The van der Waals surface area contributed by atoms with Gasteiger partial charge < -0.3 is 0 Å². The zero-order valence-electron chi connectivity index (χ0n) is 7.20. The van der Waals surface area contributed by atoms with Gasteiger partial charge in [0.15, 0.2) is 6.29 Å². The van der Waals surface area contributed by atoms with Crippen LogP contribution in [0, 0.1) is 18.8 Å². The molecule has 0 radical (unpaired) electrons. The molecule has 13 heavy (non-hydrogen) atoms. The number of benzene rings is 1. The molecule has 0 aliphatic carbocycles. The molecule has 0 bridgehead atoms. The molecule has 2 nitrogen and oxygen atoms in total. The average Bonchev–Trinajstić information content (AvgIpc) is 2.17. The Hall–Kier alpha value is -1.88. The summed E-state index contributed by atoms with van der Waals surface area (Å²) in [6.45, 7) is 1.88. The molecule has 0 spiro atoms. The first-order valence-electron chi connectivity index (χ1n) is 3.79. The van der Waals surface area contributed by atoms with Crippen molar-refractivity contribution in [2.75, 3.05) is 0 Å². The topological polar surface area (TPSA) is 34.1 Å². The van der Waals surface area contributed by atoms with Crippen molar-refractivity contribution < 1.29 is 9.59 Å². The maximum Gasteiger partial charge on any atom is 0.193 e. The lowest BCUT2D eigenvalue weighted by atomic mass is 10.1. The number of carbonyl (C=O) groups is 2. The standard InChI is InChI=1S/C11H8O2/c1-9-4-5-10(8-13)7-11(9)3-2-6-12/h4-8H,1H3. The van der Waals surface area contributed by atoms with E-state index in [2.05, 4.69) is 11.8 Å². The van der Waals surface area contributed by atoms with Gasteiger partial charge in [-0.05, 0) is 24.5 Å². The fourth-order valence-corrected chi connectivity index (χ4v) is 0.955. The first-order chi connectivity index (χ1) is 6.27. The number of rotatable bonds is 1. The molecule has 1 rings (SSSR count). The molecule has 0 atom stereocenters. The summed E-state index contributed by atoms with van der Waals surface area (Å²) in [7, 11) is 0. The largest absolute Gasteiger partial charge is 0.298 e. The van der Waals surface area contributed by atoms with Crippen molar-refractivity contribution in [2.45, 2.75) is 6.92 Å². The summed E-state index contributed by atoms with van der Waals surface area (Å²) in [5.74, 6) is 4.97. The Labute approximate surface area is 76.6 Å². The fourth-order valence-electron chi connectivity index (χ4n) is 0.955. The van der Waals surface area contributed by atoms with Crippen LogP contribution in [0.5, 0.6) is 0 Å². The van der Waals surface area contributed by atoms with E-state index in [-0.39, 0.29) is 0 Å². The lowest BCUT2D eigenvalue weighted by molar-refractivity contribution is -0.103. The minimum Gasteiger partial charge on any atom is -0.298 e. The van der Waals surface area contributed by atoms with Gasteiger partial charge in [-0.25, -0.2) is 0 Å². The van der Waals surface area contributed by atoms with Crippen molar-refractivity contribution in [2.24, 2.45) is 0 Å². The Morgan fingerprint density at radius 1 is 1.31 bits per heavy atom. The predicted molar refractivity (Wildman–Crippen MR) is 49.5 cm³/mol. The fraction of sp³-hybridized carbons (Fsp3) is 0.0909. The summed E-state index contributed by atoms with van der Waals surface area (Å²) < 4.78 is 0. The molecule has 0 heterocycles. The highest BCUT2D eigenvalue weighted by molar-refractivity contribution is 5.77. The van der Waals surface area contributed by atoms with Crippen molar-refractivity contribution in [1.82, 2.24) is 0 Å². The summed E-state index contributed by atoms with van der Waals surface area (Å²) in [6.07, 6.45) is 1.29. The number of carbonyl (C=O) groups excluding carboxylic acids is 2. The maximum absolute atomic E-state index is 10.4. The molecular weight excluding hydrogens is 164 g/mol. The Morgan fingerprint density at radius 2 is 2.08 bits per heavy atom. The van der Waals surface area contributed by atoms with Gasteiger partial charge in [0.25, 0.3) is 0 Å². The number of aryl methyl sites for hydroxylation is 1. The van der Waals surface area contributed by atoms with Gasteiger partial charge in [-0.15, -0.1) is 0 Å². The normalized spacial score (nSPS) is 8.38. The third kappa shape index (κ3) is 2.28. The lowest BCUT2D eigenvalue weighted by Crippen LogP contribution is -1.86. The zero-order chi connectivity index (χ0) is 9.68. The van der Waals surface area contributed by atoms with Crippen LogP contribution in [0.1, 0.15) is 21.5 Å². The van der Waals surface area contributed by atoms with Crippen LogP contribution in [0.15, 0.2) is 18.2 Å². The zero-order valence-corrected chi connectivity index (χ0v) is 7.20. The molecule has 1 aromatic carbocycles. The molecule has 0 fully saturated rings. The van der Waals surface area contributed by atoms with Crippen LogP contribution in [0.3, 0.4) is 0 Å². The molecule has 2 heteroatoms. The maximum atomic E-state index is 10.4. The number of aldehydes is 2.